The minimum atomic E-state index is 0.855. The summed E-state index contributed by atoms with van der Waals surface area (Å²) in [7, 11) is 0. The summed E-state index contributed by atoms with van der Waals surface area (Å²) in [6.07, 6.45) is 15.0. The molecule has 0 aliphatic rings. The molecule has 0 unspecified atom stereocenters. The van der Waals surface area contributed by atoms with E-state index >= 15 is 0 Å². The van der Waals surface area contributed by atoms with Crippen molar-refractivity contribution in [3.8, 4) is 5.40 Å². The van der Waals surface area contributed by atoms with E-state index in [2.05, 4.69) is 40.3 Å². The summed E-state index contributed by atoms with van der Waals surface area (Å²) in [5.74, 6) is 0. The second kappa shape index (κ2) is 56.2. The largest absolute Gasteiger partial charge is 0.330 e. The van der Waals surface area contributed by atoms with Gasteiger partial charge in [-0.1, -0.05) is 91.7 Å². The maximum atomic E-state index is 7.18. The molecule has 0 spiro atoms. The van der Waals surface area contributed by atoms with Gasteiger partial charge in [0.2, 0.25) is 0 Å². The number of nitriles is 1. The van der Waals surface area contributed by atoms with Gasteiger partial charge in [-0.3, -0.25) is 0 Å². The van der Waals surface area contributed by atoms with E-state index in [9.17, 15) is 0 Å². The van der Waals surface area contributed by atoms with Crippen LogP contribution in [0, 0.1) is 10.7 Å². The van der Waals surface area contributed by atoms with Crippen LogP contribution < -0.4 is 22.9 Å². The molecular weight excluding hydrogens is 354 g/mol. The van der Waals surface area contributed by atoms with Gasteiger partial charge in [0, 0.05) is 0 Å². The van der Waals surface area contributed by atoms with E-state index in [-0.39, 0.29) is 0 Å². The van der Waals surface area contributed by atoms with Gasteiger partial charge in [-0.15, -0.1) is 0 Å². The molecule has 168 valence electrons. The molecule has 0 radical (unpaired) electrons. The maximum Gasteiger partial charge on any atom is 0.130 e. The van der Waals surface area contributed by atoms with Gasteiger partial charge in [0.15, 0.2) is 0 Å². The Morgan fingerprint density at radius 2 is 0.667 bits per heavy atom. The first-order chi connectivity index (χ1) is 13.1. The number of hydrogen-bond acceptors (Lipinski definition) is 6. The molecule has 0 aliphatic heterocycles. The average Bonchev–Trinajstić information content (AvgIpc) is 2.69. The van der Waals surface area contributed by atoms with Crippen LogP contribution in [0.3, 0.4) is 0 Å². The fourth-order valence-electron chi connectivity index (χ4n) is 1.58. The lowest BCUT2D eigenvalue weighted by atomic mass is 10.3. The number of thiocyanates is 1. The third-order valence-corrected chi connectivity index (χ3v) is 3.23. The summed E-state index contributed by atoms with van der Waals surface area (Å²) in [6, 6.07) is 0. The molecule has 0 fully saturated rings. The first kappa shape index (κ1) is 37.4. The molecular formula is C21H53N5S. The second-order valence-electron chi connectivity index (χ2n) is 6.08. The SMILES string of the molecule is CCCCCN.CCCCCN.CCCCCN.CCCCCN.N#CS. The van der Waals surface area contributed by atoms with Gasteiger partial charge >= 0.3 is 0 Å². The minimum absolute atomic E-state index is 0.855. The number of unbranched alkanes of at least 4 members (excludes halogenated alkanes) is 8. The van der Waals surface area contributed by atoms with Crippen molar-refractivity contribution < 1.29 is 0 Å². The van der Waals surface area contributed by atoms with Crippen molar-refractivity contribution in [3.05, 3.63) is 0 Å². The monoisotopic (exact) mass is 407 g/mol. The smallest absolute Gasteiger partial charge is 0.130 e. The van der Waals surface area contributed by atoms with Crippen LogP contribution in [0.15, 0.2) is 0 Å². The molecule has 0 saturated carbocycles. The van der Waals surface area contributed by atoms with Crippen molar-refractivity contribution in [3.63, 3.8) is 0 Å². The van der Waals surface area contributed by atoms with Crippen LogP contribution in [0.4, 0.5) is 0 Å². The van der Waals surface area contributed by atoms with Gasteiger partial charge in [0.25, 0.3) is 0 Å². The Morgan fingerprint density at radius 1 is 0.519 bits per heavy atom. The number of rotatable bonds is 12. The number of thiol groups is 1. The first-order valence-electron chi connectivity index (χ1n) is 10.9. The van der Waals surface area contributed by atoms with E-state index in [1.54, 1.807) is 0 Å². The molecule has 0 aromatic heterocycles. The van der Waals surface area contributed by atoms with Gasteiger partial charge in [-0.25, -0.2) is 0 Å². The molecule has 0 aliphatic carbocycles. The van der Waals surface area contributed by atoms with Crippen LogP contribution in [0.1, 0.15) is 105 Å². The van der Waals surface area contributed by atoms with Crippen molar-refractivity contribution >= 4 is 12.6 Å². The van der Waals surface area contributed by atoms with Crippen molar-refractivity contribution in [1.82, 2.24) is 0 Å². The summed E-state index contributed by atoms with van der Waals surface area (Å²) < 4.78 is 0. The Morgan fingerprint density at radius 3 is 0.704 bits per heavy atom. The van der Waals surface area contributed by atoms with E-state index in [4.69, 9.17) is 28.2 Å². The standard InChI is InChI=1S/4C5H13N.CHNS/c4*1-2-3-4-5-6;2-1-3/h4*2-6H2,1H3;3H. The summed E-state index contributed by atoms with van der Waals surface area (Å²) >= 11 is 3.09. The summed E-state index contributed by atoms with van der Waals surface area (Å²) in [5.41, 5.74) is 20.9. The predicted octanol–water partition coefficient (Wildman–Crippen LogP) is 4.94. The highest BCUT2D eigenvalue weighted by atomic mass is 32.1. The highest BCUT2D eigenvalue weighted by Gasteiger charge is 1.77. The fourth-order valence-corrected chi connectivity index (χ4v) is 1.58. The van der Waals surface area contributed by atoms with Gasteiger partial charge in [-0.2, -0.15) is 5.26 Å². The molecule has 5 nitrogen and oxygen atoms in total. The lowest BCUT2D eigenvalue weighted by Crippen LogP contribution is -1.96. The number of hydrogen-bond donors (Lipinski definition) is 5. The molecule has 0 saturated heterocycles. The number of nitrogens with zero attached hydrogens (tertiary/aromatic N) is 1. The first-order valence-corrected chi connectivity index (χ1v) is 11.4. The van der Waals surface area contributed by atoms with Gasteiger partial charge in [-0.05, 0) is 51.9 Å². The van der Waals surface area contributed by atoms with Crippen LogP contribution in [-0.2, 0) is 0 Å². The molecule has 0 rings (SSSR count). The Bertz CT molecular complexity index is 163. The molecule has 0 amide bonds. The quantitative estimate of drug-likeness (QED) is 0.178. The van der Waals surface area contributed by atoms with Crippen LogP contribution in [0.2, 0.25) is 0 Å². The highest BCUT2D eigenvalue weighted by molar-refractivity contribution is 7.85. The zero-order valence-corrected chi connectivity index (χ0v) is 19.9. The summed E-state index contributed by atoms with van der Waals surface area (Å²) in [4.78, 5) is 0. The second-order valence-corrected chi connectivity index (χ2v) is 6.28. The molecule has 0 aromatic carbocycles. The summed E-state index contributed by atoms with van der Waals surface area (Å²) in [6.45, 7) is 12.1. The van der Waals surface area contributed by atoms with Crippen LogP contribution in [-0.4, -0.2) is 26.2 Å². The molecule has 6 heteroatoms. The molecule has 0 bridgehead atoms. The lowest BCUT2D eigenvalue weighted by molar-refractivity contribution is 0.727. The Labute approximate surface area is 177 Å². The van der Waals surface area contributed by atoms with E-state index in [1.165, 1.54) is 82.5 Å². The zero-order valence-electron chi connectivity index (χ0n) is 19.0. The van der Waals surface area contributed by atoms with Crippen molar-refractivity contribution in [2.24, 2.45) is 22.9 Å². The average molecular weight is 408 g/mol. The van der Waals surface area contributed by atoms with Crippen molar-refractivity contribution in [1.29, 1.82) is 5.26 Å². The van der Waals surface area contributed by atoms with Crippen LogP contribution in [0.5, 0.6) is 0 Å². The summed E-state index contributed by atoms with van der Waals surface area (Å²) in [5, 5.41) is 8.63. The molecule has 0 aromatic rings. The normalized spacial score (nSPS) is 8.30. The van der Waals surface area contributed by atoms with Crippen LogP contribution >= 0.6 is 12.6 Å². The Balaban J connectivity index is -0.0000000760. The van der Waals surface area contributed by atoms with Gasteiger partial charge in [0.05, 0.1) is 0 Å². The molecule has 27 heavy (non-hydrogen) atoms. The topological polar surface area (TPSA) is 128 Å². The Hall–Kier alpha value is -0.320. The van der Waals surface area contributed by atoms with Gasteiger partial charge in [0.1, 0.15) is 5.40 Å². The zero-order chi connectivity index (χ0) is 22.0. The van der Waals surface area contributed by atoms with Crippen molar-refractivity contribution in [2.75, 3.05) is 26.2 Å². The predicted molar refractivity (Wildman–Crippen MR) is 129 cm³/mol. The number of nitrogens with two attached hydrogens (primary N) is 4. The van der Waals surface area contributed by atoms with E-state index in [0.717, 1.165) is 26.2 Å². The molecule has 0 heterocycles. The highest BCUT2D eigenvalue weighted by Crippen LogP contribution is 1.89. The lowest BCUT2D eigenvalue weighted by Gasteiger charge is -1.86. The van der Waals surface area contributed by atoms with E-state index in [1.807, 2.05) is 0 Å². The van der Waals surface area contributed by atoms with E-state index in [0.29, 0.717) is 0 Å². The molecule has 0 atom stereocenters. The minimum Gasteiger partial charge on any atom is -0.330 e. The van der Waals surface area contributed by atoms with Crippen LogP contribution in [0.25, 0.3) is 0 Å². The maximum absolute atomic E-state index is 7.18. The van der Waals surface area contributed by atoms with Gasteiger partial charge < -0.3 is 22.9 Å². The van der Waals surface area contributed by atoms with E-state index < -0.39 is 0 Å². The van der Waals surface area contributed by atoms with Crippen molar-refractivity contribution in [2.45, 2.75) is 105 Å². The molecule has 8 N–H and O–H groups in total. The Kier molecular flexibility index (Phi) is 77.9. The third kappa shape index (κ3) is 106. The fraction of sp³-hybridized carbons (Fsp3) is 0.952. The third-order valence-electron chi connectivity index (χ3n) is 3.23.